The number of fused-ring (bicyclic) bond motifs is 2. The molecule has 0 amide bonds. The molecule has 43 heavy (non-hydrogen) atoms. The molecule has 3 heterocycles. The molecule has 0 aromatic heterocycles. The maximum Gasteiger partial charge on any atom is 0.333 e. The Bertz CT molecular complexity index is 1070. The average molecular weight is 613 g/mol. The van der Waals surface area contributed by atoms with E-state index in [0.29, 0.717) is 6.42 Å². The third kappa shape index (κ3) is 6.92. The number of carboxylic acid groups (broad SMARTS) is 1. The molecule has 0 spiro atoms. The van der Waals surface area contributed by atoms with Crippen LogP contribution in [0.1, 0.15) is 50.7 Å². The zero-order chi connectivity index (χ0) is 30.8. The number of hydrogen-bond acceptors (Lipinski definition) is 12. The first-order valence-corrected chi connectivity index (χ1v) is 15.1. The summed E-state index contributed by atoms with van der Waals surface area (Å²) in [5.74, 6) is -1.21. The fourth-order valence-electron chi connectivity index (χ4n) is 6.60. The molecule has 13 heteroatoms. The predicted molar refractivity (Wildman–Crippen MR) is 147 cm³/mol. The molecule has 6 unspecified atom stereocenters. The van der Waals surface area contributed by atoms with Crippen LogP contribution in [0.5, 0.6) is 0 Å². The van der Waals surface area contributed by atoms with Crippen LogP contribution in [0.25, 0.3) is 0 Å². The third-order valence-electron chi connectivity index (χ3n) is 9.18. The summed E-state index contributed by atoms with van der Waals surface area (Å²) in [7, 11) is 0. The summed E-state index contributed by atoms with van der Waals surface area (Å²) in [6.07, 6.45) is -11.8. The fraction of sp³-hybridized carbons (Fsp3) is 0.767. The number of hydrogen-bond donors (Lipinski definition) is 6. The van der Waals surface area contributed by atoms with Crippen LogP contribution in [0.15, 0.2) is 24.3 Å². The highest BCUT2D eigenvalue weighted by Crippen LogP contribution is 2.38. The summed E-state index contributed by atoms with van der Waals surface area (Å²) in [6, 6.07) is 7.26. The summed E-state index contributed by atoms with van der Waals surface area (Å²) in [5, 5.41) is 62.3. The molecule has 3 aliphatic heterocycles. The Kier molecular flexibility index (Phi) is 10.7. The molecular formula is C30H44O13. The molecule has 6 N–H and O–H groups in total. The highest BCUT2D eigenvalue weighted by atomic mass is 16.7. The number of aliphatic carboxylic acids is 1. The van der Waals surface area contributed by atoms with Crippen molar-refractivity contribution < 1.29 is 63.9 Å². The molecule has 1 saturated carbocycles. The number of aliphatic hydroxyl groups excluding tert-OH is 5. The van der Waals surface area contributed by atoms with E-state index in [-0.39, 0.29) is 18.9 Å². The Morgan fingerprint density at radius 1 is 0.907 bits per heavy atom. The van der Waals surface area contributed by atoms with Crippen LogP contribution in [-0.2, 0) is 46.2 Å². The van der Waals surface area contributed by atoms with Gasteiger partial charge in [-0.2, -0.15) is 0 Å². The summed E-state index contributed by atoms with van der Waals surface area (Å²) in [6.45, 7) is 3.09. The topological polar surface area (TPSA) is 194 Å². The van der Waals surface area contributed by atoms with Crippen molar-refractivity contribution in [1.82, 2.24) is 0 Å². The van der Waals surface area contributed by atoms with Gasteiger partial charge < -0.3 is 59.1 Å². The molecule has 4 aliphatic rings. The molecule has 242 valence electrons. The highest BCUT2D eigenvalue weighted by Gasteiger charge is 2.52. The van der Waals surface area contributed by atoms with E-state index in [2.05, 4.69) is 0 Å². The fourth-order valence-corrected chi connectivity index (χ4v) is 6.60. The molecule has 0 bridgehead atoms. The normalized spacial score (nSPS) is 43.9. The van der Waals surface area contributed by atoms with Crippen LogP contribution in [0.2, 0.25) is 0 Å². The van der Waals surface area contributed by atoms with Crippen LogP contribution in [0.4, 0.5) is 0 Å². The minimum Gasteiger partial charge on any atom is -0.479 e. The summed E-state index contributed by atoms with van der Waals surface area (Å²) >= 11 is 0. The van der Waals surface area contributed by atoms with E-state index in [0.717, 1.165) is 30.4 Å². The van der Waals surface area contributed by atoms with Crippen molar-refractivity contribution in [1.29, 1.82) is 0 Å². The minimum absolute atomic E-state index is 0.00608. The average Bonchev–Trinajstić information content (AvgIpc) is 3.08. The number of aliphatic hydroxyl groups is 5. The van der Waals surface area contributed by atoms with Crippen LogP contribution >= 0.6 is 0 Å². The first kappa shape index (κ1) is 32.6. The van der Waals surface area contributed by atoms with Crippen LogP contribution in [-0.4, -0.2) is 123 Å². The Morgan fingerprint density at radius 2 is 1.65 bits per heavy atom. The van der Waals surface area contributed by atoms with E-state index in [1.165, 1.54) is 0 Å². The Balaban J connectivity index is 1.42. The largest absolute Gasteiger partial charge is 0.479 e. The molecule has 2 saturated heterocycles. The Hall–Kier alpha value is -1.75. The number of benzene rings is 1. The van der Waals surface area contributed by atoms with Gasteiger partial charge in [0.1, 0.15) is 42.7 Å². The monoisotopic (exact) mass is 612 g/mol. The van der Waals surface area contributed by atoms with Crippen molar-refractivity contribution >= 4 is 5.97 Å². The van der Waals surface area contributed by atoms with Gasteiger partial charge in [-0.25, -0.2) is 4.79 Å². The lowest BCUT2D eigenvalue weighted by Gasteiger charge is -2.48. The van der Waals surface area contributed by atoms with Gasteiger partial charge in [0.15, 0.2) is 18.7 Å². The summed E-state index contributed by atoms with van der Waals surface area (Å²) in [4.78, 5) is 12.2. The maximum atomic E-state index is 12.2. The molecule has 0 radical (unpaired) electrons. The Labute approximate surface area is 250 Å². The molecule has 13 nitrogen and oxygen atoms in total. The van der Waals surface area contributed by atoms with Gasteiger partial charge >= 0.3 is 5.97 Å². The smallest absolute Gasteiger partial charge is 0.333 e. The molecule has 1 aromatic rings. The summed E-state index contributed by atoms with van der Waals surface area (Å²) in [5.41, 5.74) is 1.50. The van der Waals surface area contributed by atoms with Crippen molar-refractivity contribution in [2.75, 3.05) is 6.61 Å². The van der Waals surface area contributed by atoms with Crippen LogP contribution in [0, 0.1) is 5.92 Å². The van der Waals surface area contributed by atoms with Gasteiger partial charge in [-0.3, -0.25) is 0 Å². The van der Waals surface area contributed by atoms with Gasteiger partial charge in [0.25, 0.3) is 0 Å². The second-order valence-corrected chi connectivity index (χ2v) is 11.9. The molecule has 5 rings (SSSR count). The van der Waals surface area contributed by atoms with E-state index in [9.17, 15) is 35.4 Å². The SMILES string of the molecule is CC[C@@H]1CCC[C@@H](O[C@@H]2OC(CO)[C@H](O)C3O[C@@H](C(=O)O)Cc4ccccc4COC32)C1O[C@@H]1OC(C)[C@@H](O)C(O)[C@@H]1O. The van der Waals surface area contributed by atoms with E-state index < -0.39 is 92.3 Å². The van der Waals surface area contributed by atoms with E-state index in [1.807, 2.05) is 19.1 Å². The van der Waals surface area contributed by atoms with Gasteiger partial charge in [0.05, 0.1) is 31.5 Å². The summed E-state index contributed by atoms with van der Waals surface area (Å²) < 4.78 is 36.8. The van der Waals surface area contributed by atoms with E-state index in [4.69, 9.17) is 28.4 Å². The van der Waals surface area contributed by atoms with Gasteiger partial charge in [-0.05, 0) is 36.8 Å². The minimum atomic E-state index is -1.49. The second-order valence-electron chi connectivity index (χ2n) is 11.9. The zero-order valence-corrected chi connectivity index (χ0v) is 24.4. The number of rotatable bonds is 7. The van der Waals surface area contributed by atoms with Crippen molar-refractivity contribution in [3.8, 4) is 0 Å². The van der Waals surface area contributed by atoms with Crippen molar-refractivity contribution in [2.45, 2.75) is 132 Å². The number of carbonyl (C=O) groups is 1. The number of ether oxygens (including phenoxy) is 6. The van der Waals surface area contributed by atoms with Crippen molar-refractivity contribution in [3.05, 3.63) is 35.4 Å². The van der Waals surface area contributed by atoms with E-state index >= 15 is 0 Å². The number of carboxylic acids is 1. The lowest BCUT2D eigenvalue weighted by atomic mass is 9.82. The van der Waals surface area contributed by atoms with E-state index in [1.54, 1.807) is 19.1 Å². The van der Waals surface area contributed by atoms with Gasteiger partial charge in [0.2, 0.25) is 0 Å². The highest BCUT2D eigenvalue weighted by molar-refractivity contribution is 5.73. The zero-order valence-electron chi connectivity index (χ0n) is 24.4. The standard InChI is InChI=1S/C30H44O13/c1-3-15-9-6-10-18(25(15)43-29-24(35)23(34)21(32)14(2)39-29)41-30-27-26(22(33)20(12-31)42-30)40-19(28(36)37)11-16-7-4-5-8-17(16)13-38-27/h4-5,7-8,14-15,18-27,29-35H,3,6,9-13H2,1-2H3,(H,36,37)/t14?,15-,18-,19-,20?,21-,22+,23?,24+,25?,26?,27?,29+,30-/m1/s1. The first-order chi connectivity index (χ1) is 20.6. The maximum absolute atomic E-state index is 12.2. The van der Waals surface area contributed by atoms with Crippen LogP contribution < -0.4 is 0 Å². The van der Waals surface area contributed by atoms with Gasteiger partial charge in [-0.15, -0.1) is 0 Å². The molecule has 3 fully saturated rings. The quantitative estimate of drug-likeness (QED) is 0.238. The Morgan fingerprint density at radius 3 is 2.35 bits per heavy atom. The first-order valence-electron chi connectivity index (χ1n) is 15.1. The molecular weight excluding hydrogens is 568 g/mol. The molecule has 1 aromatic carbocycles. The second kappa shape index (κ2) is 14.1. The molecule has 1 aliphatic carbocycles. The third-order valence-corrected chi connectivity index (χ3v) is 9.18. The lowest BCUT2D eigenvalue weighted by Crippen LogP contribution is -2.63. The molecule has 14 atom stereocenters. The van der Waals surface area contributed by atoms with Crippen molar-refractivity contribution in [3.63, 3.8) is 0 Å². The van der Waals surface area contributed by atoms with Gasteiger partial charge in [-0.1, -0.05) is 44.0 Å². The van der Waals surface area contributed by atoms with Crippen molar-refractivity contribution in [2.24, 2.45) is 5.92 Å². The van der Waals surface area contributed by atoms with Crippen LogP contribution in [0.3, 0.4) is 0 Å². The predicted octanol–water partition coefficient (Wildman–Crippen LogP) is -0.148. The lowest BCUT2D eigenvalue weighted by molar-refractivity contribution is -0.353. The van der Waals surface area contributed by atoms with Gasteiger partial charge in [0, 0.05) is 6.42 Å².